The summed E-state index contributed by atoms with van der Waals surface area (Å²) >= 11 is 1.77. The molecule has 72 valence electrons. The summed E-state index contributed by atoms with van der Waals surface area (Å²) in [6.45, 7) is 1.60. The van der Waals surface area contributed by atoms with Crippen molar-refractivity contribution in [2.24, 2.45) is 0 Å². The number of carbonyl (C=O) groups excluding carboxylic acids is 2. The SMILES string of the molecule is CC(=O)CC1SCC2NC(=O)NC21. The van der Waals surface area contributed by atoms with Crippen molar-refractivity contribution in [3.63, 3.8) is 0 Å². The van der Waals surface area contributed by atoms with E-state index in [4.69, 9.17) is 0 Å². The minimum absolute atomic E-state index is 0.0937. The van der Waals surface area contributed by atoms with Crippen molar-refractivity contribution in [1.29, 1.82) is 0 Å². The predicted molar refractivity (Wildman–Crippen MR) is 50.8 cm³/mol. The van der Waals surface area contributed by atoms with Gasteiger partial charge >= 0.3 is 6.03 Å². The van der Waals surface area contributed by atoms with Crippen LogP contribution in [0.25, 0.3) is 0 Å². The van der Waals surface area contributed by atoms with E-state index >= 15 is 0 Å². The third-order valence-corrected chi connectivity index (χ3v) is 3.87. The number of fused-ring (bicyclic) bond motifs is 1. The maximum absolute atomic E-state index is 11.0. The van der Waals surface area contributed by atoms with Crippen LogP contribution in [0.1, 0.15) is 13.3 Å². The molecule has 2 aliphatic heterocycles. The van der Waals surface area contributed by atoms with Gasteiger partial charge in [0.2, 0.25) is 0 Å². The number of urea groups is 1. The molecule has 2 aliphatic rings. The highest BCUT2D eigenvalue weighted by atomic mass is 32.2. The van der Waals surface area contributed by atoms with Crippen LogP contribution >= 0.6 is 11.8 Å². The van der Waals surface area contributed by atoms with Crippen molar-refractivity contribution in [2.45, 2.75) is 30.7 Å². The van der Waals surface area contributed by atoms with E-state index in [2.05, 4.69) is 10.6 Å². The van der Waals surface area contributed by atoms with Crippen molar-refractivity contribution in [1.82, 2.24) is 10.6 Å². The first-order valence-corrected chi connectivity index (χ1v) is 5.40. The quantitative estimate of drug-likeness (QED) is 0.623. The van der Waals surface area contributed by atoms with Gasteiger partial charge in [-0.1, -0.05) is 0 Å². The van der Waals surface area contributed by atoms with Crippen molar-refractivity contribution < 1.29 is 9.59 Å². The molecule has 2 fully saturated rings. The lowest BCUT2D eigenvalue weighted by Gasteiger charge is -2.14. The van der Waals surface area contributed by atoms with Gasteiger partial charge in [-0.2, -0.15) is 11.8 Å². The number of hydrogen-bond acceptors (Lipinski definition) is 3. The Morgan fingerprint density at radius 3 is 3.08 bits per heavy atom. The molecular weight excluding hydrogens is 188 g/mol. The first kappa shape index (κ1) is 8.87. The second kappa shape index (κ2) is 3.21. The molecule has 0 aromatic carbocycles. The molecule has 0 spiro atoms. The van der Waals surface area contributed by atoms with Gasteiger partial charge in [-0.05, 0) is 6.92 Å². The molecule has 0 aromatic rings. The van der Waals surface area contributed by atoms with E-state index in [0.717, 1.165) is 5.75 Å². The van der Waals surface area contributed by atoms with Crippen LogP contribution in [-0.4, -0.2) is 34.9 Å². The van der Waals surface area contributed by atoms with E-state index in [1.54, 1.807) is 18.7 Å². The Labute approximate surface area is 80.8 Å². The number of amides is 2. The largest absolute Gasteiger partial charge is 0.332 e. The van der Waals surface area contributed by atoms with Crippen LogP contribution in [0.2, 0.25) is 0 Å². The van der Waals surface area contributed by atoms with Crippen molar-refractivity contribution in [3.8, 4) is 0 Å². The van der Waals surface area contributed by atoms with E-state index in [-0.39, 0.29) is 29.1 Å². The second-order valence-corrected chi connectivity index (χ2v) is 4.80. The zero-order chi connectivity index (χ0) is 9.42. The van der Waals surface area contributed by atoms with Gasteiger partial charge in [-0.25, -0.2) is 4.79 Å². The Bertz CT molecular complexity index is 257. The van der Waals surface area contributed by atoms with Gasteiger partial charge < -0.3 is 10.6 Å². The zero-order valence-electron chi connectivity index (χ0n) is 7.37. The molecule has 2 rings (SSSR count). The van der Waals surface area contributed by atoms with Gasteiger partial charge in [0.05, 0.1) is 12.1 Å². The fourth-order valence-corrected chi connectivity index (χ4v) is 3.41. The summed E-state index contributed by atoms with van der Waals surface area (Å²) < 4.78 is 0. The highest BCUT2D eigenvalue weighted by Gasteiger charge is 2.43. The van der Waals surface area contributed by atoms with Gasteiger partial charge in [0.1, 0.15) is 5.78 Å². The first-order chi connectivity index (χ1) is 6.16. The summed E-state index contributed by atoms with van der Waals surface area (Å²) in [5.74, 6) is 1.11. The molecule has 4 nitrogen and oxygen atoms in total. The maximum Gasteiger partial charge on any atom is 0.315 e. The van der Waals surface area contributed by atoms with Gasteiger partial charge in [-0.3, -0.25) is 4.79 Å². The number of hydrogen-bond donors (Lipinski definition) is 2. The molecule has 3 unspecified atom stereocenters. The summed E-state index contributed by atoms with van der Waals surface area (Å²) in [7, 11) is 0. The lowest BCUT2D eigenvalue weighted by molar-refractivity contribution is -0.117. The highest BCUT2D eigenvalue weighted by molar-refractivity contribution is 8.00. The number of Topliss-reactive ketones (excluding diaryl/α,β-unsaturated/α-hetero) is 1. The number of nitrogens with one attached hydrogen (secondary N) is 2. The van der Waals surface area contributed by atoms with Crippen LogP contribution in [0.4, 0.5) is 4.79 Å². The highest BCUT2D eigenvalue weighted by Crippen LogP contribution is 2.31. The Balaban J connectivity index is 2.00. The minimum atomic E-state index is -0.0937. The lowest BCUT2D eigenvalue weighted by atomic mass is 10.0. The molecule has 0 saturated carbocycles. The third kappa shape index (κ3) is 1.65. The summed E-state index contributed by atoms with van der Waals surface area (Å²) in [6.07, 6.45) is 0.563. The molecule has 3 atom stereocenters. The maximum atomic E-state index is 11.0. The molecule has 5 heteroatoms. The summed E-state index contributed by atoms with van der Waals surface area (Å²) in [4.78, 5) is 21.9. The Kier molecular flexibility index (Phi) is 2.19. The molecule has 0 aromatic heterocycles. The molecule has 2 amide bonds. The van der Waals surface area contributed by atoms with Crippen LogP contribution in [0.5, 0.6) is 0 Å². The Morgan fingerprint density at radius 2 is 2.38 bits per heavy atom. The fraction of sp³-hybridized carbons (Fsp3) is 0.750. The normalized spacial score (nSPS) is 36.7. The first-order valence-electron chi connectivity index (χ1n) is 4.35. The molecular formula is C8H12N2O2S. The van der Waals surface area contributed by atoms with E-state index in [1.165, 1.54) is 0 Å². The van der Waals surface area contributed by atoms with Crippen molar-refractivity contribution in [2.75, 3.05) is 5.75 Å². The van der Waals surface area contributed by atoms with E-state index in [1.807, 2.05) is 0 Å². The second-order valence-electron chi connectivity index (χ2n) is 3.53. The molecule has 13 heavy (non-hydrogen) atoms. The minimum Gasteiger partial charge on any atom is -0.332 e. The van der Waals surface area contributed by atoms with E-state index < -0.39 is 0 Å². The third-order valence-electron chi connectivity index (χ3n) is 2.43. The lowest BCUT2D eigenvalue weighted by Crippen LogP contribution is -2.37. The van der Waals surface area contributed by atoms with E-state index in [9.17, 15) is 9.59 Å². The van der Waals surface area contributed by atoms with Gasteiger partial charge in [0, 0.05) is 17.4 Å². The molecule has 0 bridgehead atoms. The zero-order valence-corrected chi connectivity index (χ0v) is 8.19. The standard InChI is InChI=1S/C8H12N2O2S/c1-4(11)2-6-7-5(3-13-6)9-8(12)10-7/h5-7H,2-3H2,1H3,(H2,9,10,12). The van der Waals surface area contributed by atoms with Gasteiger partial charge in [-0.15, -0.1) is 0 Å². The molecule has 2 saturated heterocycles. The number of thioether (sulfide) groups is 1. The molecule has 0 aliphatic carbocycles. The molecule has 2 heterocycles. The van der Waals surface area contributed by atoms with Crippen LogP contribution in [0.3, 0.4) is 0 Å². The monoisotopic (exact) mass is 200 g/mol. The molecule has 2 N–H and O–H groups in total. The summed E-state index contributed by atoms with van der Waals surface area (Å²) in [5.41, 5.74) is 0. The van der Waals surface area contributed by atoms with Gasteiger partial charge in [0.25, 0.3) is 0 Å². The summed E-state index contributed by atoms with van der Waals surface area (Å²) in [6, 6.07) is 0.284. The Morgan fingerprint density at radius 1 is 1.62 bits per heavy atom. The molecule has 0 radical (unpaired) electrons. The number of ketones is 1. The van der Waals surface area contributed by atoms with E-state index in [0.29, 0.717) is 6.42 Å². The number of rotatable bonds is 2. The van der Waals surface area contributed by atoms with Crippen LogP contribution in [0.15, 0.2) is 0 Å². The average molecular weight is 200 g/mol. The fourth-order valence-electron chi connectivity index (χ4n) is 1.85. The predicted octanol–water partition coefficient (Wildman–Crippen LogP) is 0.131. The van der Waals surface area contributed by atoms with Crippen LogP contribution < -0.4 is 10.6 Å². The van der Waals surface area contributed by atoms with Gasteiger partial charge in [0.15, 0.2) is 0 Å². The van der Waals surface area contributed by atoms with Crippen LogP contribution in [-0.2, 0) is 4.79 Å². The average Bonchev–Trinajstić information content (AvgIpc) is 2.51. The smallest absolute Gasteiger partial charge is 0.315 e. The topological polar surface area (TPSA) is 58.2 Å². The van der Waals surface area contributed by atoms with Crippen molar-refractivity contribution >= 4 is 23.6 Å². The Hall–Kier alpha value is -0.710. The summed E-state index contributed by atoms with van der Waals surface area (Å²) in [5, 5.41) is 5.95. The van der Waals surface area contributed by atoms with Crippen LogP contribution in [0, 0.1) is 0 Å². The van der Waals surface area contributed by atoms with Crippen molar-refractivity contribution in [3.05, 3.63) is 0 Å². The number of carbonyl (C=O) groups is 2.